The lowest BCUT2D eigenvalue weighted by molar-refractivity contribution is 0.579. The lowest BCUT2D eigenvalue weighted by Crippen LogP contribution is -2.17. The topological polar surface area (TPSA) is 12.0 Å². The quantitative estimate of drug-likeness (QED) is 0.789. The normalized spacial score (nSPS) is 13.0. The van der Waals surface area contributed by atoms with E-state index in [9.17, 15) is 0 Å². The van der Waals surface area contributed by atoms with Crippen molar-refractivity contribution < 1.29 is 0 Å². The summed E-state index contributed by atoms with van der Waals surface area (Å²) >= 11 is 1.91. The molecule has 1 rings (SSSR count). The van der Waals surface area contributed by atoms with Crippen LogP contribution in [0, 0.1) is 5.92 Å². The molecule has 1 nitrogen and oxygen atoms in total. The molecule has 1 N–H and O–H groups in total. The van der Waals surface area contributed by atoms with Gasteiger partial charge in [-0.2, -0.15) is 11.8 Å². The second-order valence-corrected chi connectivity index (χ2v) is 5.95. The molecule has 1 atom stereocenters. The first-order valence-electron chi connectivity index (χ1n) is 6.42. The number of hydrogen-bond acceptors (Lipinski definition) is 2. The van der Waals surface area contributed by atoms with Gasteiger partial charge in [-0.3, -0.25) is 0 Å². The monoisotopic (exact) mass is 251 g/mol. The van der Waals surface area contributed by atoms with Crippen molar-refractivity contribution in [3.05, 3.63) is 35.4 Å². The molecule has 0 aliphatic carbocycles. The molecule has 0 aliphatic rings. The molecule has 1 unspecified atom stereocenters. The molecule has 0 heterocycles. The Hall–Kier alpha value is -0.470. The van der Waals surface area contributed by atoms with Gasteiger partial charge in [0.2, 0.25) is 0 Å². The van der Waals surface area contributed by atoms with E-state index in [2.05, 4.69) is 56.7 Å². The van der Waals surface area contributed by atoms with Crippen LogP contribution in [0.3, 0.4) is 0 Å². The molecule has 0 aromatic heterocycles. The van der Waals surface area contributed by atoms with Crippen LogP contribution in [-0.2, 0) is 6.42 Å². The average molecular weight is 251 g/mol. The van der Waals surface area contributed by atoms with Crippen LogP contribution < -0.4 is 5.32 Å². The molecule has 0 fully saturated rings. The van der Waals surface area contributed by atoms with Crippen molar-refractivity contribution in [2.24, 2.45) is 5.92 Å². The van der Waals surface area contributed by atoms with Gasteiger partial charge in [-0.05, 0) is 48.9 Å². The second kappa shape index (κ2) is 7.78. The first-order chi connectivity index (χ1) is 8.17. The summed E-state index contributed by atoms with van der Waals surface area (Å²) in [6.45, 7) is 4.55. The zero-order chi connectivity index (χ0) is 12.7. The van der Waals surface area contributed by atoms with Crippen molar-refractivity contribution >= 4 is 11.8 Å². The summed E-state index contributed by atoms with van der Waals surface area (Å²) < 4.78 is 0. The molecule has 0 aliphatic heterocycles. The fourth-order valence-electron chi connectivity index (χ4n) is 2.12. The van der Waals surface area contributed by atoms with Crippen LogP contribution in [0.25, 0.3) is 0 Å². The number of hydrogen-bond donors (Lipinski definition) is 1. The Morgan fingerprint density at radius 3 is 2.65 bits per heavy atom. The summed E-state index contributed by atoms with van der Waals surface area (Å²) in [4.78, 5) is 0. The highest BCUT2D eigenvalue weighted by Crippen LogP contribution is 2.20. The van der Waals surface area contributed by atoms with Crippen molar-refractivity contribution in [3.8, 4) is 0 Å². The molecule has 0 bridgehead atoms. The fraction of sp³-hybridized carbons (Fsp3) is 0.600. The Morgan fingerprint density at radius 2 is 2.06 bits per heavy atom. The van der Waals surface area contributed by atoms with Gasteiger partial charge in [0.25, 0.3) is 0 Å². The maximum absolute atomic E-state index is 3.42. The van der Waals surface area contributed by atoms with E-state index < -0.39 is 0 Å². The van der Waals surface area contributed by atoms with Crippen molar-refractivity contribution in [2.75, 3.05) is 19.1 Å². The summed E-state index contributed by atoms with van der Waals surface area (Å²) in [6, 6.07) is 9.53. The number of benzene rings is 1. The number of nitrogens with one attached hydrogen (secondary N) is 1. The lowest BCUT2D eigenvalue weighted by atomic mass is 9.97. The third-order valence-electron chi connectivity index (χ3n) is 2.96. The summed E-state index contributed by atoms with van der Waals surface area (Å²) in [5.74, 6) is 1.93. The molecule has 17 heavy (non-hydrogen) atoms. The van der Waals surface area contributed by atoms with Crippen molar-refractivity contribution in [2.45, 2.75) is 32.7 Å². The van der Waals surface area contributed by atoms with Gasteiger partial charge in [-0.25, -0.2) is 0 Å². The van der Waals surface area contributed by atoms with Crippen LogP contribution in [0.5, 0.6) is 0 Å². The van der Waals surface area contributed by atoms with Crippen molar-refractivity contribution in [1.29, 1.82) is 0 Å². The van der Waals surface area contributed by atoms with Crippen LogP contribution in [0.2, 0.25) is 0 Å². The van der Waals surface area contributed by atoms with Gasteiger partial charge in [0.1, 0.15) is 0 Å². The number of thioether (sulfide) groups is 1. The molecular formula is C15H25NS. The van der Waals surface area contributed by atoms with Gasteiger partial charge in [0.05, 0.1) is 0 Å². The van der Waals surface area contributed by atoms with Crippen LogP contribution in [0.15, 0.2) is 24.3 Å². The summed E-state index contributed by atoms with van der Waals surface area (Å²) in [6.07, 6.45) is 4.54. The smallest absolute Gasteiger partial charge is 0.0325 e. The van der Waals surface area contributed by atoms with Crippen molar-refractivity contribution in [1.82, 2.24) is 5.32 Å². The predicted octanol–water partition coefficient (Wildman–Crippen LogP) is 3.90. The average Bonchev–Trinajstić information content (AvgIpc) is 2.30. The highest BCUT2D eigenvalue weighted by Gasteiger charge is 2.09. The fourth-order valence-corrected chi connectivity index (χ4v) is 2.59. The summed E-state index contributed by atoms with van der Waals surface area (Å²) in [7, 11) is 2.06. The van der Waals surface area contributed by atoms with Crippen LogP contribution in [0.1, 0.15) is 37.4 Å². The van der Waals surface area contributed by atoms with E-state index >= 15 is 0 Å². The Kier molecular flexibility index (Phi) is 6.68. The minimum Gasteiger partial charge on any atom is -0.313 e. The summed E-state index contributed by atoms with van der Waals surface area (Å²) in [5.41, 5.74) is 2.89. The van der Waals surface area contributed by atoms with Crippen LogP contribution in [-0.4, -0.2) is 19.1 Å². The molecule has 0 radical (unpaired) electrons. The largest absolute Gasteiger partial charge is 0.313 e. The molecule has 0 saturated heterocycles. The summed E-state index contributed by atoms with van der Waals surface area (Å²) in [5, 5.41) is 3.42. The minimum atomic E-state index is 0.495. The zero-order valence-corrected chi connectivity index (χ0v) is 12.3. The third-order valence-corrected chi connectivity index (χ3v) is 3.60. The lowest BCUT2D eigenvalue weighted by Gasteiger charge is -2.17. The standard InChI is InChI=1S/C15H25NS/c1-12(2)10-13-6-5-7-14(11-13)15(16-3)8-9-17-4/h5-7,11-12,15-16H,8-10H2,1-4H3. The van der Waals surface area contributed by atoms with Gasteiger partial charge in [0.15, 0.2) is 0 Å². The first-order valence-corrected chi connectivity index (χ1v) is 7.81. The molecular weight excluding hydrogens is 226 g/mol. The van der Waals surface area contributed by atoms with Gasteiger partial charge in [-0.15, -0.1) is 0 Å². The SMILES string of the molecule is CNC(CCSC)c1cccc(CC(C)C)c1. The van der Waals surface area contributed by atoms with E-state index in [4.69, 9.17) is 0 Å². The third kappa shape index (κ3) is 5.13. The van der Waals surface area contributed by atoms with Gasteiger partial charge >= 0.3 is 0 Å². The van der Waals surface area contributed by atoms with Crippen LogP contribution in [0.4, 0.5) is 0 Å². The maximum Gasteiger partial charge on any atom is 0.0325 e. The molecule has 96 valence electrons. The van der Waals surface area contributed by atoms with E-state index in [1.165, 1.54) is 29.7 Å². The Labute approximate surface area is 110 Å². The second-order valence-electron chi connectivity index (χ2n) is 4.97. The first kappa shape index (κ1) is 14.6. The van der Waals surface area contributed by atoms with E-state index in [0.717, 1.165) is 5.92 Å². The highest BCUT2D eigenvalue weighted by atomic mass is 32.2. The van der Waals surface area contributed by atoms with Crippen molar-refractivity contribution in [3.63, 3.8) is 0 Å². The van der Waals surface area contributed by atoms with Crippen LogP contribution >= 0.6 is 11.8 Å². The number of rotatable bonds is 7. The molecule has 1 aromatic rings. The maximum atomic E-state index is 3.42. The minimum absolute atomic E-state index is 0.495. The van der Waals surface area contributed by atoms with E-state index in [1.54, 1.807) is 0 Å². The van der Waals surface area contributed by atoms with Gasteiger partial charge in [-0.1, -0.05) is 38.1 Å². The molecule has 0 saturated carbocycles. The van der Waals surface area contributed by atoms with Gasteiger partial charge < -0.3 is 5.32 Å². The highest BCUT2D eigenvalue weighted by molar-refractivity contribution is 7.98. The molecule has 0 spiro atoms. The van der Waals surface area contributed by atoms with E-state index in [1.807, 2.05) is 11.8 Å². The Bertz CT molecular complexity index is 322. The zero-order valence-electron chi connectivity index (χ0n) is 11.5. The Balaban J connectivity index is 2.73. The van der Waals surface area contributed by atoms with E-state index in [0.29, 0.717) is 6.04 Å². The Morgan fingerprint density at radius 1 is 1.29 bits per heavy atom. The molecule has 0 amide bonds. The van der Waals surface area contributed by atoms with E-state index in [-0.39, 0.29) is 0 Å². The van der Waals surface area contributed by atoms with Gasteiger partial charge in [0, 0.05) is 6.04 Å². The molecule has 1 aromatic carbocycles. The molecule has 2 heteroatoms. The predicted molar refractivity (Wildman–Crippen MR) is 79.8 cm³/mol.